The SMILES string of the molecule is COCC#Cc1c(F)c(Cl)c(-c2cn3cc(NC(=O)[C@@H]4C[C@@H]4F)nc3cn2)c2cn[nH]c12. The normalized spacial score (nSPS) is 17.4. The van der Waals surface area contributed by atoms with Crippen LogP contribution in [-0.4, -0.2) is 50.4 Å². The van der Waals surface area contributed by atoms with Gasteiger partial charge in [-0.25, -0.2) is 13.8 Å². The molecule has 0 saturated heterocycles. The number of hydrogen-bond acceptors (Lipinski definition) is 5. The highest BCUT2D eigenvalue weighted by Gasteiger charge is 2.43. The van der Waals surface area contributed by atoms with E-state index >= 15 is 4.39 Å². The Labute approximate surface area is 184 Å². The first-order valence-electron chi connectivity index (χ1n) is 9.59. The Bertz CT molecular complexity index is 1440. The fourth-order valence-electron chi connectivity index (χ4n) is 3.42. The van der Waals surface area contributed by atoms with Gasteiger partial charge in [-0.15, -0.1) is 0 Å². The molecular weight excluding hydrogens is 442 g/mol. The lowest BCUT2D eigenvalue weighted by Crippen LogP contribution is -2.15. The van der Waals surface area contributed by atoms with Crippen molar-refractivity contribution in [3.05, 3.63) is 41.2 Å². The second-order valence-electron chi connectivity index (χ2n) is 7.28. The first kappa shape index (κ1) is 20.4. The summed E-state index contributed by atoms with van der Waals surface area (Å²) in [5, 5.41) is 9.76. The van der Waals surface area contributed by atoms with Gasteiger partial charge in [-0.2, -0.15) is 5.10 Å². The Hall–Kier alpha value is -3.55. The summed E-state index contributed by atoms with van der Waals surface area (Å²) in [4.78, 5) is 20.6. The lowest BCUT2D eigenvalue weighted by atomic mass is 10.0. The molecule has 1 amide bonds. The molecular formula is C21H15ClF2N6O2. The van der Waals surface area contributed by atoms with E-state index in [4.69, 9.17) is 16.3 Å². The van der Waals surface area contributed by atoms with Crippen LogP contribution in [0.5, 0.6) is 0 Å². The van der Waals surface area contributed by atoms with Crippen LogP contribution in [0.3, 0.4) is 0 Å². The summed E-state index contributed by atoms with van der Waals surface area (Å²) in [5.74, 6) is 3.96. The maximum Gasteiger partial charge on any atom is 0.231 e. The number of H-pyrrole nitrogens is 1. The van der Waals surface area contributed by atoms with Crippen molar-refractivity contribution >= 4 is 39.9 Å². The van der Waals surface area contributed by atoms with Crippen LogP contribution in [-0.2, 0) is 9.53 Å². The van der Waals surface area contributed by atoms with Gasteiger partial charge >= 0.3 is 0 Å². The van der Waals surface area contributed by atoms with E-state index in [1.54, 1.807) is 16.8 Å². The summed E-state index contributed by atoms with van der Waals surface area (Å²) in [6, 6.07) is 0. The molecule has 1 fully saturated rings. The third-order valence-electron chi connectivity index (χ3n) is 5.12. The number of carbonyl (C=O) groups is 1. The third kappa shape index (κ3) is 3.45. The van der Waals surface area contributed by atoms with Crippen LogP contribution < -0.4 is 5.32 Å². The lowest BCUT2D eigenvalue weighted by Gasteiger charge is -2.09. The highest BCUT2D eigenvalue weighted by molar-refractivity contribution is 6.35. The number of nitrogens with one attached hydrogen (secondary N) is 2. The monoisotopic (exact) mass is 456 g/mol. The molecule has 3 aromatic heterocycles. The van der Waals surface area contributed by atoms with E-state index in [0.29, 0.717) is 27.8 Å². The van der Waals surface area contributed by atoms with Gasteiger partial charge in [0.05, 0.1) is 46.3 Å². The first-order chi connectivity index (χ1) is 15.5. The standard InChI is InChI=1S/C21H15ClF2N6O2/c1-32-4-2-3-10-19(24)18(22)17(12-6-26-29-20(10)12)14-8-30-9-15(27-16(30)7-25-14)28-21(31)11-5-13(11)23/h6-9,11,13H,4-5H2,1H3,(H,26,29)(H,28,31)/t11-,13+/m1/s1. The summed E-state index contributed by atoms with van der Waals surface area (Å²) in [6.07, 6.45) is 5.28. The number of alkyl halides is 1. The van der Waals surface area contributed by atoms with Crippen molar-refractivity contribution in [3.8, 4) is 23.1 Å². The molecule has 5 rings (SSSR count). The fraction of sp³-hybridized carbons (Fsp3) is 0.238. The molecule has 0 unspecified atom stereocenters. The number of halogens is 3. The molecule has 0 aliphatic heterocycles. The van der Waals surface area contributed by atoms with Gasteiger partial charge in [0.1, 0.15) is 12.8 Å². The molecule has 0 radical (unpaired) electrons. The number of rotatable bonds is 4. The maximum absolute atomic E-state index is 15.1. The van der Waals surface area contributed by atoms with Crippen LogP contribution in [0.4, 0.5) is 14.6 Å². The van der Waals surface area contributed by atoms with E-state index in [0.717, 1.165) is 0 Å². The minimum Gasteiger partial charge on any atom is -0.372 e. The Morgan fingerprint density at radius 3 is 3.00 bits per heavy atom. The van der Waals surface area contributed by atoms with Crippen LogP contribution in [0.1, 0.15) is 12.0 Å². The number of methoxy groups -OCH3 is 1. The second-order valence-corrected chi connectivity index (χ2v) is 7.66. The largest absolute Gasteiger partial charge is 0.372 e. The summed E-state index contributed by atoms with van der Waals surface area (Å²) in [7, 11) is 1.49. The van der Waals surface area contributed by atoms with Crippen LogP contribution in [0.25, 0.3) is 27.8 Å². The molecule has 2 N–H and O–H groups in total. The Kier molecular flexibility index (Phi) is 5.00. The topological polar surface area (TPSA) is 97.2 Å². The van der Waals surface area contributed by atoms with Crippen LogP contribution >= 0.6 is 11.6 Å². The van der Waals surface area contributed by atoms with E-state index in [1.165, 1.54) is 19.5 Å². The van der Waals surface area contributed by atoms with Gasteiger partial charge in [-0.1, -0.05) is 23.4 Å². The smallest absolute Gasteiger partial charge is 0.231 e. The molecule has 1 aliphatic carbocycles. The number of nitrogens with zero attached hydrogens (tertiary/aromatic N) is 4. The fourth-order valence-corrected chi connectivity index (χ4v) is 3.71. The highest BCUT2D eigenvalue weighted by Crippen LogP contribution is 2.38. The zero-order valence-electron chi connectivity index (χ0n) is 16.6. The van der Waals surface area contributed by atoms with Crippen molar-refractivity contribution in [1.82, 2.24) is 24.6 Å². The second kappa shape index (κ2) is 7.85. The van der Waals surface area contributed by atoms with E-state index in [9.17, 15) is 9.18 Å². The summed E-state index contributed by atoms with van der Waals surface area (Å²) in [5.41, 5.74) is 1.62. The number of fused-ring (bicyclic) bond motifs is 2. The number of amides is 1. The highest BCUT2D eigenvalue weighted by atomic mass is 35.5. The van der Waals surface area contributed by atoms with Crippen molar-refractivity contribution in [3.63, 3.8) is 0 Å². The van der Waals surface area contributed by atoms with Crippen LogP contribution in [0, 0.1) is 23.6 Å². The molecule has 2 atom stereocenters. The van der Waals surface area contributed by atoms with Crippen molar-refractivity contribution in [2.45, 2.75) is 12.6 Å². The number of aromatic amines is 1. The molecule has 4 aromatic rings. The van der Waals surface area contributed by atoms with E-state index in [2.05, 4.69) is 37.3 Å². The minimum atomic E-state index is -1.10. The van der Waals surface area contributed by atoms with Gasteiger partial charge in [0, 0.05) is 24.3 Å². The number of carbonyl (C=O) groups excluding carboxylic acids is 1. The Balaban J connectivity index is 1.56. The molecule has 1 aromatic carbocycles. The van der Waals surface area contributed by atoms with Gasteiger partial charge in [-0.3, -0.25) is 14.9 Å². The van der Waals surface area contributed by atoms with Gasteiger partial charge in [-0.05, 0) is 6.42 Å². The molecule has 0 spiro atoms. The number of hydrogen-bond donors (Lipinski definition) is 2. The van der Waals surface area contributed by atoms with Crippen LogP contribution in [0.2, 0.25) is 5.02 Å². The number of anilines is 1. The number of ether oxygens (including phenoxy) is 1. The van der Waals surface area contributed by atoms with Gasteiger partial charge in [0.15, 0.2) is 17.3 Å². The van der Waals surface area contributed by atoms with Gasteiger partial charge in [0.2, 0.25) is 5.91 Å². The molecule has 1 aliphatic rings. The zero-order chi connectivity index (χ0) is 22.4. The Morgan fingerprint density at radius 1 is 1.44 bits per heavy atom. The first-order valence-corrected chi connectivity index (χ1v) is 9.97. The average molecular weight is 457 g/mol. The van der Waals surface area contributed by atoms with Crippen molar-refractivity contribution < 1.29 is 18.3 Å². The average Bonchev–Trinajstić information content (AvgIpc) is 3.14. The third-order valence-corrected chi connectivity index (χ3v) is 5.47. The molecule has 3 heterocycles. The maximum atomic E-state index is 15.1. The van der Waals surface area contributed by atoms with E-state index < -0.39 is 23.8 Å². The predicted molar refractivity (Wildman–Crippen MR) is 113 cm³/mol. The summed E-state index contributed by atoms with van der Waals surface area (Å²) in [6.45, 7) is 0.138. The molecule has 8 nitrogen and oxygen atoms in total. The van der Waals surface area contributed by atoms with Crippen molar-refractivity contribution in [2.75, 3.05) is 19.0 Å². The van der Waals surface area contributed by atoms with Crippen LogP contribution in [0.15, 0.2) is 24.8 Å². The lowest BCUT2D eigenvalue weighted by molar-refractivity contribution is -0.117. The van der Waals surface area contributed by atoms with Gasteiger partial charge < -0.3 is 14.5 Å². The molecule has 11 heteroatoms. The summed E-state index contributed by atoms with van der Waals surface area (Å²) >= 11 is 6.39. The summed E-state index contributed by atoms with van der Waals surface area (Å²) < 4.78 is 34.7. The predicted octanol–water partition coefficient (Wildman–Crippen LogP) is 3.36. The quantitative estimate of drug-likeness (QED) is 0.459. The number of aromatic nitrogens is 5. The molecule has 32 heavy (non-hydrogen) atoms. The van der Waals surface area contributed by atoms with Gasteiger partial charge in [0.25, 0.3) is 0 Å². The zero-order valence-corrected chi connectivity index (χ0v) is 17.4. The number of imidazole rings is 1. The van der Waals surface area contributed by atoms with Crippen molar-refractivity contribution in [1.29, 1.82) is 0 Å². The molecule has 0 bridgehead atoms. The van der Waals surface area contributed by atoms with E-state index in [-0.39, 0.29) is 29.4 Å². The number of benzene rings is 1. The molecule has 1 saturated carbocycles. The Morgan fingerprint density at radius 2 is 2.25 bits per heavy atom. The minimum absolute atomic E-state index is 0.0863. The van der Waals surface area contributed by atoms with Crippen molar-refractivity contribution in [2.24, 2.45) is 5.92 Å². The van der Waals surface area contributed by atoms with E-state index in [1.807, 2.05) is 0 Å². The molecule has 162 valence electrons.